The minimum atomic E-state index is -0.894. The fraction of sp³-hybridized carbons (Fsp3) is 0.846. The molecule has 0 bridgehead atoms. The Labute approximate surface area is 114 Å². The molecule has 19 heavy (non-hydrogen) atoms. The first-order valence-corrected chi connectivity index (χ1v) is 6.81. The minimum absolute atomic E-state index is 0.0311. The van der Waals surface area contributed by atoms with Crippen LogP contribution in [0.3, 0.4) is 0 Å². The van der Waals surface area contributed by atoms with Crippen molar-refractivity contribution < 1.29 is 19.4 Å². The molecule has 0 aromatic carbocycles. The van der Waals surface area contributed by atoms with Gasteiger partial charge in [0.15, 0.2) is 0 Å². The number of aliphatic carboxylic acids is 1. The van der Waals surface area contributed by atoms with Gasteiger partial charge in [-0.2, -0.15) is 0 Å². The van der Waals surface area contributed by atoms with E-state index in [9.17, 15) is 9.59 Å². The summed E-state index contributed by atoms with van der Waals surface area (Å²) in [6.45, 7) is 4.09. The van der Waals surface area contributed by atoms with E-state index in [4.69, 9.17) is 9.84 Å². The number of urea groups is 1. The van der Waals surface area contributed by atoms with Gasteiger partial charge in [0.1, 0.15) is 0 Å². The number of amides is 2. The van der Waals surface area contributed by atoms with E-state index >= 15 is 0 Å². The van der Waals surface area contributed by atoms with Crippen molar-refractivity contribution in [2.75, 3.05) is 13.7 Å². The zero-order valence-corrected chi connectivity index (χ0v) is 11.9. The van der Waals surface area contributed by atoms with E-state index in [-0.39, 0.29) is 30.6 Å². The summed E-state index contributed by atoms with van der Waals surface area (Å²) in [6, 6.07) is -0.487. The lowest BCUT2D eigenvalue weighted by molar-refractivity contribution is -0.138. The molecule has 1 aliphatic carbocycles. The lowest BCUT2D eigenvalue weighted by Gasteiger charge is -2.30. The van der Waals surface area contributed by atoms with E-state index < -0.39 is 5.97 Å². The van der Waals surface area contributed by atoms with Crippen LogP contribution in [-0.4, -0.2) is 53.8 Å². The van der Waals surface area contributed by atoms with Crippen LogP contribution in [0.1, 0.15) is 39.5 Å². The summed E-state index contributed by atoms with van der Waals surface area (Å²) in [7, 11) is 1.65. The molecule has 0 aromatic heterocycles. The lowest BCUT2D eigenvalue weighted by Crippen LogP contribution is -2.51. The van der Waals surface area contributed by atoms with E-state index in [2.05, 4.69) is 5.32 Å². The van der Waals surface area contributed by atoms with Gasteiger partial charge < -0.3 is 20.1 Å². The first kappa shape index (κ1) is 15.8. The van der Waals surface area contributed by atoms with Gasteiger partial charge in [0.25, 0.3) is 0 Å². The largest absolute Gasteiger partial charge is 0.481 e. The van der Waals surface area contributed by atoms with Crippen molar-refractivity contribution in [3.8, 4) is 0 Å². The molecule has 1 rings (SSSR count). The second kappa shape index (κ2) is 7.33. The number of carboxylic acid groups (broad SMARTS) is 1. The van der Waals surface area contributed by atoms with Crippen LogP contribution >= 0.6 is 0 Å². The molecule has 1 saturated carbocycles. The summed E-state index contributed by atoms with van der Waals surface area (Å²) in [5.41, 5.74) is 0. The van der Waals surface area contributed by atoms with Crippen LogP contribution in [0, 0.1) is 0 Å². The Bertz CT molecular complexity index is 322. The molecule has 6 heteroatoms. The summed E-state index contributed by atoms with van der Waals surface area (Å²) in [4.78, 5) is 24.5. The number of carbonyl (C=O) groups excluding carboxylic acids is 1. The number of methoxy groups -OCH3 is 1. The number of nitrogens with one attached hydrogen (secondary N) is 1. The third kappa shape index (κ3) is 4.38. The summed E-state index contributed by atoms with van der Waals surface area (Å²) < 4.78 is 5.34. The summed E-state index contributed by atoms with van der Waals surface area (Å²) in [6.07, 6.45) is 2.94. The second-order valence-electron chi connectivity index (χ2n) is 4.99. The summed E-state index contributed by atoms with van der Waals surface area (Å²) >= 11 is 0. The van der Waals surface area contributed by atoms with E-state index in [0.717, 1.165) is 19.3 Å². The first-order valence-electron chi connectivity index (χ1n) is 6.81. The predicted octanol–water partition coefficient (Wildman–Crippen LogP) is 1.45. The molecule has 0 radical (unpaired) electrons. The molecule has 1 aliphatic rings. The van der Waals surface area contributed by atoms with Gasteiger partial charge in [0.2, 0.25) is 0 Å². The van der Waals surface area contributed by atoms with Crippen LogP contribution in [0.4, 0.5) is 4.79 Å². The Morgan fingerprint density at radius 3 is 2.68 bits per heavy atom. The van der Waals surface area contributed by atoms with Crippen molar-refractivity contribution in [3.05, 3.63) is 0 Å². The van der Waals surface area contributed by atoms with E-state index in [1.54, 1.807) is 18.9 Å². The Hall–Kier alpha value is -1.30. The molecule has 0 aromatic rings. The van der Waals surface area contributed by atoms with Gasteiger partial charge in [0.05, 0.1) is 18.6 Å². The van der Waals surface area contributed by atoms with Gasteiger partial charge in [0, 0.05) is 19.7 Å². The maximum absolute atomic E-state index is 12.2. The molecule has 1 fully saturated rings. The van der Waals surface area contributed by atoms with E-state index in [1.807, 2.05) is 6.92 Å². The molecule has 110 valence electrons. The molecule has 6 nitrogen and oxygen atoms in total. The predicted molar refractivity (Wildman–Crippen MR) is 71.1 cm³/mol. The van der Waals surface area contributed by atoms with Crippen LogP contribution in [0.25, 0.3) is 0 Å². The zero-order chi connectivity index (χ0) is 14.4. The number of carboxylic acids is 1. The van der Waals surface area contributed by atoms with E-state index in [1.165, 1.54) is 0 Å². The Balaban J connectivity index is 2.56. The van der Waals surface area contributed by atoms with E-state index in [0.29, 0.717) is 6.54 Å². The Kier molecular flexibility index (Phi) is 6.08. The van der Waals surface area contributed by atoms with Gasteiger partial charge in [-0.05, 0) is 33.1 Å². The first-order chi connectivity index (χ1) is 8.99. The van der Waals surface area contributed by atoms with Crippen molar-refractivity contribution in [2.45, 2.75) is 57.7 Å². The highest BCUT2D eigenvalue weighted by Crippen LogP contribution is 2.21. The molecule has 0 aliphatic heterocycles. The lowest BCUT2D eigenvalue weighted by atomic mass is 10.2. The van der Waals surface area contributed by atoms with Gasteiger partial charge in [-0.1, -0.05) is 0 Å². The quantitative estimate of drug-likeness (QED) is 0.767. The van der Waals surface area contributed by atoms with Gasteiger partial charge >= 0.3 is 12.0 Å². The minimum Gasteiger partial charge on any atom is -0.481 e. The molecule has 2 N–H and O–H groups in total. The number of hydrogen-bond donors (Lipinski definition) is 2. The topological polar surface area (TPSA) is 78.9 Å². The van der Waals surface area contributed by atoms with Gasteiger partial charge in [-0.25, -0.2) is 4.79 Å². The molecule has 3 atom stereocenters. The fourth-order valence-electron chi connectivity index (χ4n) is 2.63. The molecule has 3 unspecified atom stereocenters. The number of ether oxygens (including phenoxy) is 1. The van der Waals surface area contributed by atoms with Crippen LogP contribution in [0.5, 0.6) is 0 Å². The Morgan fingerprint density at radius 1 is 1.47 bits per heavy atom. The summed E-state index contributed by atoms with van der Waals surface area (Å²) in [5, 5.41) is 11.8. The van der Waals surface area contributed by atoms with Crippen LogP contribution in [0.2, 0.25) is 0 Å². The maximum Gasteiger partial charge on any atom is 0.317 e. The standard InChI is InChI=1S/C13H24N2O4/c1-4-15(9(2)8-12(16)17)13(18)14-10-6-5-7-11(10)19-3/h9-11H,4-8H2,1-3H3,(H,14,18)(H,16,17). The monoisotopic (exact) mass is 272 g/mol. The SMILES string of the molecule is CCN(C(=O)NC1CCCC1OC)C(C)CC(=O)O. The fourth-order valence-corrected chi connectivity index (χ4v) is 2.63. The van der Waals surface area contributed by atoms with Crippen molar-refractivity contribution in [2.24, 2.45) is 0 Å². The molecule has 0 saturated heterocycles. The number of rotatable bonds is 6. The van der Waals surface area contributed by atoms with Crippen molar-refractivity contribution in [1.82, 2.24) is 10.2 Å². The highest BCUT2D eigenvalue weighted by Gasteiger charge is 2.30. The highest BCUT2D eigenvalue weighted by atomic mass is 16.5. The van der Waals surface area contributed by atoms with Gasteiger partial charge in [-0.3, -0.25) is 4.79 Å². The molecular formula is C13H24N2O4. The number of hydrogen-bond acceptors (Lipinski definition) is 3. The third-order valence-corrected chi connectivity index (χ3v) is 3.67. The third-order valence-electron chi connectivity index (χ3n) is 3.67. The number of carbonyl (C=O) groups is 2. The van der Waals surface area contributed by atoms with Crippen LogP contribution in [-0.2, 0) is 9.53 Å². The number of nitrogens with zero attached hydrogens (tertiary/aromatic N) is 1. The zero-order valence-electron chi connectivity index (χ0n) is 11.9. The molecule has 2 amide bonds. The Morgan fingerprint density at radius 2 is 2.16 bits per heavy atom. The van der Waals surface area contributed by atoms with Crippen molar-refractivity contribution in [3.63, 3.8) is 0 Å². The molecule has 0 heterocycles. The van der Waals surface area contributed by atoms with Gasteiger partial charge in [-0.15, -0.1) is 0 Å². The summed E-state index contributed by atoms with van der Waals surface area (Å²) in [5.74, 6) is -0.894. The molecular weight excluding hydrogens is 248 g/mol. The van der Waals surface area contributed by atoms with Crippen LogP contribution in [0.15, 0.2) is 0 Å². The average Bonchev–Trinajstić information content (AvgIpc) is 2.76. The highest BCUT2D eigenvalue weighted by molar-refractivity contribution is 5.76. The van der Waals surface area contributed by atoms with Crippen molar-refractivity contribution in [1.29, 1.82) is 0 Å². The van der Waals surface area contributed by atoms with Crippen molar-refractivity contribution >= 4 is 12.0 Å². The van der Waals surface area contributed by atoms with Crippen LogP contribution < -0.4 is 5.32 Å². The maximum atomic E-state index is 12.2. The smallest absolute Gasteiger partial charge is 0.317 e. The normalized spacial score (nSPS) is 23.9. The average molecular weight is 272 g/mol. The second-order valence-corrected chi connectivity index (χ2v) is 4.99. The molecule has 0 spiro atoms.